The third kappa shape index (κ3) is 2.31. The molecule has 3 aromatic heterocycles. The number of pyridine rings is 1. The van der Waals surface area contributed by atoms with Crippen LogP contribution in [-0.4, -0.2) is 14.6 Å². The molecular weight excluding hydrogens is 312 g/mol. The molecule has 0 saturated heterocycles. The molecule has 3 rings (SSSR count). The Morgan fingerprint density at radius 1 is 1.22 bits per heavy atom. The first kappa shape index (κ1) is 11.8. The number of rotatable bonds is 4. The molecule has 92 valence electrons. The molecule has 6 heteroatoms. The zero-order valence-corrected chi connectivity index (χ0v) is 11.9. The summed E-state index contributed by atoms with van der Waals surface area (Å²) in [5.41, 5.74) is 0.881. The molecule has 0 atom stereocenters. The Kier molecular flexibility index (Phi) is 3.40. The highest BCUT2D eigenvalue weighted by Crippen LogP contribution is 2.22. The number of nitrogens with zero attached hydrogens (tertiary/aromatic N) is 3. The lowest BCUT2D eigenvalue weighted by atomic mass is 10.4. The van der Waals surface area contributed by atoms with Crippen molar-refractivity contribution in [2.75, 3.05) is 0 Å². The maximum Gasteiger partial charge on any atom is 0.160 e. The zero-order chi connectivity index (χ0) is 12.4. The van der Waals surface area contributed by atoms with Crippen molar-refractivity contribution in [3.8, 4) is 0 Å². The Labute approximate surface area is 117 Å². The fraction of sp³-hybridized carbons (Fsp3) is 0.167. The average molecular weight is 323 g/mol. The predicted molar refractivity (Wildman–Crippen MR) is 75.5 cm³/mol. The number of halogens is 1. The molecule has 1 N–H and O–H groups in total. The molecule has 0 aromatic carbocycles. The molecule has 0 aliphatic carbocycles. The molecule has 0 spiro atoms. The van der Waals surface area contributed by atoms with Gasteiger partial charge in [0.15, 0.2) is 11.5 Å². The summed E-state index contributed by atoms with van der Waals surface area (Å²) in [6, 6.07) is 7.96. The summed E-state index contributed by atoms with van der Waals surface area (Å²) in [4.78, 5) is 1.30. The van der Waals surface area contributed by atoms with E-state index < -0.39 is 0 Å². The van der Waals surface area contributed by atoms with E-state index >= 15 is 0 Å². The number of aromatic nitrogens is 3. The minimum absolute atomic E-state index is 0.704. The molecule has 0 fully saturated rings. The summed E-state index contributed by atoms with van der Waals surface area (Å²) < 4.78 is 3.15. The van der Waals surface area contributed by atoms with E-state index in [9.17, 15) is 0 Å². The fourth-order valence-corrected chi connectivity index (χ4v) is 3.21. The molecule has 0 radical (unpaired) electrons. The topological polar surface area (TPSA) is 42.2 Å². The molecule has 0 aliphatic rings. The van der Waals surface area contributed by atoms with Crippen molar-refractivity contribution < 1.29 is 0 Å². The Hall–Kier alpha value is -1.24. The normalized spacial score (nSPS) is 11.2. The summed E-state index contributed by atoms with van der Waals surface area (Å²) >= 11 is 5.26. The SMILES string of the molecule is Brc1ccsc1CNCc1nnc2ccccn12. The van der Waals surface area contributed by atoms with Crippen LogP contribution in [0, 0.1) is 0 Å². The van der Waals surface area contributed by atoms with Gasteiger partial charge >= 0.3 is 0 Å². The second kappa shape index (κ2) is 5.17. The largest absolute Gasteiger partial charge is 0.305 e. The van der Waals surface area contributed by atoms with Crippen LogP contribution in [0.3, 0.4) is 0 Å². The highest BCUT2D eigenvalue weighted by atomic mass is 79.9. The van der Waals surface area contributed by atoms with Gasteiger partial charge in [-0.3, -0.25) is 4.40 Å². The van der Waals surface area contributed by atoms with Crippen LogP contribution in [0.15, 0.2) is 40.3 Å². The Bertz CT molecular complexity index is 661. The van der Waals surface area contributed by atoms with E-state index in [2.05, 4.69) is 42.9 Å². The van der Waals surface area contributed by atoms with Crippen molar-refractivity contribution in [2.45, 2.75) is 13.1 Å². The van der Waals surface area contributed by atoms with Gasteiger partial charge < -0.3 is 5.32 Å². The quantitative estimate of drug-likeness (QED) is 0.803. The molecule has 0 amide bonds. The molecule has 3 aromatic rings. The number of nitrogens with one attached hydrogen (secondary N) is 1. The van der Waals surface area contributed by atoms with Crippen LogP contribution in [0.4, 0.5) is 0 Å². The van der Waals surface area contributed by atoms with E-state index in [1.54, 1.807) is 11.3 Å². The molecule has 4 nitrogen and oxygen atoms in total. The van der Waals surface area contributed by atoms with Crippen molar-refractivity contribution in [1.29, 1.82) is 0 Å². The monoisotopic (exact) mass is 322 g/mol. The first-order valence-corrected chi connectivity index (χ1v) is 7.23. The van der Waals surface area contributed by atoms with Crippen LogP contribution in [0.2, 0.25) is 0 Å². The number of hydrogen-bond acceptors (Lipinski definition) is 4. The minimum atomic E-state index is 0.704. The smallest absolute Gasteiger partial charge is 0.160 e. The third-order valence-electron chi connectivity index (χ3n) is 2.64. The summed E-state index contributed by atoms with van der Waals surface area (Å²) in [5, 5.41) is 13.8. The lowest BCUT2D eigenvalue weighted by molar-refractivity contribution is 0.661. The van der Waals surface area contributed by atoms with Gasteiger partial charge in [-0.15, -0.1) is 21.5 Å². The van der Waals surface area contributed by atoms with Crippen molar-refractivity contribution in [2.24, 2.45) is 0 Å². The van der Waals surface area contributed by atoms with Crippen LogP contribution in [0.25, 0.3) is 5.65 Å². The van der Waals surface area contributed by atoms with Gasteiger partial charge in [0.2, 0.25) is 0 Å². The zero-order valence-electron chi connectivity index (χ0n) is 9.51. The molecule has 0 unspecified atom stereocenters. The molecule has 0 saturated carbocycles. The first-order chi connectivity index (χ1) is 8.84. The van der Waals surface area contributed by atoms with E-state index in [4.69, 9.17) is 0 Å². The minimum Gasteiger partial charge on any atom is -0.305 e. The molecule has 18 heavy (non-hydrogen) atoms. The number of hydrogen-bond donors (Lipinski definition) is 1. The van der Waals surface area contributed by atoms with Crippen LogP contribution >= 0.6 is 27.3 Å². The predicted octanol–water partition coefficient (Wildman–Crippen LogP) is 2.84. The maximum absolute atomic E-state index is 4.18. The highest BCUT2D eigenvalue weighted by Gasteiger charge is 2.05. The van der Waals surface area contributed by atoms with Gasteiger partial charge in [0.05, 0.1) is 6.54 Å². The van der Waals surface area contributed by atoms with Gasteiger partial charge in [-0.2, -0.15) is 0 Å². The second-order valence-corrected chi connectivity index (χ2v) is 5.70. The molecular formula is C12H11BrN4S. The Morgan fingerprint density at radius 3 is 3.00 bits per heavy atom. The van der Waals surface area contributed by atoms with Gasteiger partial charge in [0.1, 0.15) is 0 Å². The highest BCUT2D eigenvalue weighted by molar-refractivity contribution is 9.10. The molecule has 0 aliphatic heterocycles. The van der Waals surface area contributed by atoms with Crippen molar-refractivity contribution >= 4 is 32.9 Å². The average Bonchev–Trinajstić information content (AvgIpc) is 2.97. The Morgan fingerprint density at radius 2 is 2.17 bits per heavy atom. The molecule has 3 heterocycles. The van der Waals surface area contributed by atoms with Crippen LogP contribution in [0.1, 0.15) is 10.7 Å². The summed E-state index contributed by atoms with van der Waals surface area (Å²) in [6.07, 6.45) is 1.98. The summed E-state index contributed by atoms with van der Waals surface area (Å²) in [7, 11) is 0. The second-order valence-electron chi connectivity index (χ2n) is 3.84. The Balaban J connectivity index is 1.68. The van der Waals surface area contributed by atoms with E-state index in [0.29, 0.717) is 6.54 Å². The van der Waals surface area contributed by atoms with Crippen molar-refractivity contribution in [3.63, 3.8) is 0 Å². The number of thiophene rings is 1. The number of fused-ring (bicyclic) bond motifs is 1. The first-order valence-electron chi connectivity index (χ1n) is 5.56. The van der Waals surface area contributed by atoms with E-state index in [1.165, 1.54) is 4.88 Å². The van der Waals surface area contributed by atoms with E-state index in [1.807, 2.05) is 28.8 Å². The molecule has 0 bridgehead atoms. The lowest BCUT2D eigenvalue weighted by Crippen LogP contribution is -2.14. The summed E-state index contributed by atoms with van der Waals surface area (Å²) in [6.45, 7) is 1.54. The van der Waals surface area contributed by atoms with Crippen molar-refractivity contribution in [3.05, 3.63) is 51.0 Å². The maximum atomic E-state index is 4.18. The van der Waals surface area contributed by atoms with Crippen LogP contribution in [0.5, 0.6) is 0 Å². The van der Waals surface area contributed by atoms with Gasteiger partial charge in [-0.05, 0) is 39.5 Å². The van der Waals surface area contributed by atoms with Gasteiger partial charge in [0.25, 0.3) is 0 Å². The van der Waals surface area contributed by atoms with E-state index in [-0.39, 0.29) is 0 Å². The van der Waals surface area contributed by atoms with Gasteiger partial charge in [0, 0.05) is 22.1 Å². The van der Waals surface area contributed by atoms with Crippen molar-refractivity contribution in [1.82, 2.24) is 19.9 Å². The summed E-state index contributed by atoms with van der Waals surface area (Å²) in [5.74, 6) is 0.929. The third-order valence-corrected chi connectivity index (χ3v) is 4.57. The van der Waals surface area contributed by atoms with Crippen LogP contribution in [-0.2, 0) is 13.1 Å². The lowest BCUT2D eigenvalue weighted by Gasteiger charge is -2.02. The van der Waals surface area contributed by atoms with Gasteiger partial charge in [-0.25, -0.2) is 0 Å². The van der Waals surface area contributed by atoms with Gasteiger partial charge in [-0.1, -0.05) is 6.07 Å². The van der Waals surface area contributed by atoms with Crippen LogP contribution < -0.4 is 5.32 Å². The van der Waals surface area contributed by atoms with E-state index in [0.717, 1.165) is 22.5 Å². The fourth-order valence-electron chi connectivity index (χ4n) is 1.75. The standard InChI is InChI=1S/C12H11BrN4S/c13-9-4-6-18-10(9)7-14-8-12-16-15-11-3-1-2-5-17(11)12/h1-6,14H,7-8H2.